The van der Waals surface area contributed by atoms with Gasteiger partial charge in [0.25, 0.3) is 5.56 Å². The molecule has 21 nitrogen and oxygen atoms in total. The number of ether oxygens (including phenoxy) is 2. The molecular formula is C20H25FN10O11P2. The summed E-state index contributed by atoms with van der Waals surface area (Å²) < 4.78 is 60.6. The number of aromatic amines is 1. The zero-order chi connectivity index (χ0) is 31.8. The minimum atomic E-state index is -4.90. The van der Waals surface area contributed by atoms with E-state index in [1.165, 1.54) is 21.8 Å². The SMILES string of the molecule is Nc1nc2c(ncn2[C@@H]2O[C@H](CO)C[C@@H]2OP(=O)(O)OC[C@H]2O[C@@H](n3cnc4c(N)ncnc43)[C@@H](F)C2O)c(=O)[nH]1.O=PO. The number of nitrogen functional groups attached to an aromatic ring is 2. The lowest BCUT2D eigenvalue weighted by Gasteiger charge is -2.23. The second kappa shape index (κ2) is 12.8. The van der Waals surface area contributed by atoms with Gasteiger partial charge in [-0.05, 0) is 0 Å². The normalized spacial score (nSPS) is 28.3. The van der Waals surface area contributed by atoms with Crippen LogP contribution in [0.1, 0.15) is 18.9 Å². The van der Waals surface area contributed by atoms with Gasteiger partial charge < -0.3 is 40.9 Å². The molecule has 0 radical (unpaired) electrons. The van der Waals surface area contributed by atoms with Gasteiger partial charge in [0.15, 0.2) is 41.3 Å². The Bertz CT molecular complexity index is 1760. The number of phosphoric acid groups is 1. The maximum atomic E-state index is 15.0. The van der Waals surface area contributed by atoms with Crippen LogP contribution < -0.4 is 17.0 Å². The number of fused-ring (bicyclic) bond motifs is 2. The Morgan fingerprint density at radius 1 is 1.14 bits per heavy atom. The zero-order valence-corrected chi connectivity index (χ0v) is 23.9. The van der Waals surface area contributed by atoms with Crippen LogP contribution >= 0.6 is 16.5 Å². The highest BCUT2D eigenvalue weighted by atomic mass is 31.2. The molecule has 2 aliphatic rings. The molecule has 4 aromatic heterocycles. The number of anilines is 2. The summed E-state index contributed by atoms with van der Waals surface area (Å²) in [7, 11) is -5.73. The van der Waals surface area contributed by atoms with Gasteiger partial charge in [-0.3, -0.25) is 28.0 Å². The Morgan fingerprint density at radius 3 is 2.52 bits per heavy atom. The summed E-state index contributed by atoms with van der Waals surface area (Å²) in [6, 6.07) is 0. The summed E-state index contributed by atoms with van der Waals surface area (Å²) in [4.78, 5) is 51.8. The van der Waals surface area contributed by atoms with Gasteiger partial charge in [-0.1, -0.05) is 0 Å². The highest BCUT2D eigenvalue weighted by Gasteiger charge is 2.48. The second-order valence-electron chi connectivity index (χ2n) is 9.42. The lowest BCUT2D eigenvalue weighted by Crippen LogP contribution is -2.31. The van der Waals surface area contributed by atoms with E-state index in [1.807, 2.05) is 0 Å². The van der Waals surface area contributed by atoms with Gasteiger partial charge in [0.1, 0.15) is 30.2 Å². The Balaban J connectivity index is 0.00000123. The van der Waals surface area contributed by atoms with Crippen LogP contribution in [0.2, 0.25) is 0 Å². The summed E-state index contributed by atoms with van der Waals surface area (Å²) >= 11 is 0. The molecule has 0 amide bonds. The second-order valence-corrected chi connectivity index (χ2v) is 11.0. The maximum Gasteiger partial charge on any atom is 0.472 e. The molecule has 6 heterocycles. The van der Waals surface area contributed by atoms with E-state index in [0.29, 0.717) is 0 Å². The standard InChI is InChI=1S/C20H24FN10O9P.HO2P/c21-10-13(33)9(39-19(10)30-5-26-11-14(22)24-4-25-15(11)30)3-37-41(35,36)40-8-1-7(2-32)38-18(8)31-6-27-12-16(31)28-20(23)29-17(12)34;1-3-2/h4-10,13,18-19,32-33H,1-3H2,(H,35,36)(H2,22,24,25)(H3,23,28,29,34);(H,1,2)/t7-,8-,9+,10-,13?,18+,19+;/m0./s1. The quantitative estimate of drug-likeness (QED) is 0.108. The van der Waals surface area contributed by atoms with E-state index in [1.54, 1.807) is 0 Å². The van der Waals surface area contributed by atoms with Gasteiger partial charge in [0.2, 0.25) is 5.95 Å². The first-order valence-corrected chi connectivity index (χ1v) is 14.8. The van der Waals surface area contributed by atoms with Crippen molar-refractivity contribution in [2.24, 2.45) is 0 Å². The minimum Gasteiger partial charge on any atom is -0.394 e. The van der Waals surface area contributed by atoms with Gasteiger partial charge in [0.05, 0.1) is 32.0 Å². The number of H-pyrrole nitrogens is 1. The number of imidazole rings is 2. The molecule has 4 aromatic rings. The molecule has 0 spiro atoms. The highest BCUT2D eigenvalue weighted by molar-refractivity contribution is 7.47. The summed E-state index contributed by atoms with van der Waals surface area (Å²) in [6.45, 7) is -1.19. The third kappa shape index (κ3) is 6.17. The third-order valence-corrected chi connectivity index (χ3v) is 7.71. The molecule has 24 heteroatoms. The fraction of sp³-hybridized carbons (Fsp3) is 0.500. The molecule has 0 aliphatic carbocycles. The minimum absolute atomic E-state index is 0.0127. The van der Waals surface area contributed by atoms with Crippen LogP contribution in [0.3, 0.4) is 0 Å². The van der Waals surface area contributed by atoms with E-state index in [0.717, 1.165) is 6.33 Å². The number of nitrogens with one attached hydrogen (secondary N) is 1. The molecule has 2 fully saturated rings. The number of aliphatic hydroxyl groups excluding tert-OH is 2. The lowest BCUT2D eigenvalue weighted by atomic mass is 10.1. The van der Waals surface area contributed by atoms with Crippen molar-refractivity contribution in [2.75, 3.05) is 24.7 Å². The van der Waals surface area contributed by atoms with Crippen molar-refractivity contribution < 1.29 is 52.0 Å². The van der Waals surface area contributed by atoms with Crippen molar-refractivity contribution in [3.05, 3.63) is 29.3 Å². The summed E-state index contributed by atoms with van der Waals surface area (Å²) in [5.41, 5.74) is 11.1. The van der Waals surface area contributed by atoms with E-state index >= 15 is 4.39 Å². The Morgan fingerprint density at radius 2 is 1.82 bits per heavy atom. The Labute approximate surface area is 245 Å². The molecular weight excluding hydrogens is 637 g/mol. The number of aliphatic hydroxyl groups is 2. The number of hydrogen-bond acceptors (Lipinski definition) is 16. The van der Waals surface area contributed by atoms with Crippen molar-refractivity contribution >= 4 is 50.6 Å². The molecule has 8 atom stereocenters. The molecule has 2 unspecified atom stereocenters. The Kier molecular flexibility index (Phi) is 9.28. The number of nitrogens with two attached hydrogens (primary N) is 2. The van der Waals surface area contributed by atoms with Crippen molar-refractivity contribution in [3.8, 4) is 0 Å². The van der Waals surface area contributed by atoms with Crippen LogP contribution in [0, 0.1) is 0 Å². The Hall–Kier alpha value is -3.56. The number of halogens is 1. The average Bonchev–Trinajstić information content (AvgIpc) is 3.74. The van der Waals surface area contributed by atoms with Gasteiger partial charge in [-0.15, -0.1) is 0 Å². The van der Waals surface area contributed by atoms with E-state index in [4.69, 9.17) is 39.4 Å². The molecule has 0 saturated carbocycles. The van der Waals surface area contributed by atoms with Crippen molar-refractivity contribution in [1.82, 2.24) is 39.0 Å². The molecule has 9 N–H and O–H groups in total. The van der Waals surface area contributed by atoms with Crippen LogP contribution in [-0.4, -0.2) is 103 Å². The smallest absolute Gasteiger partial charge is 0.394 e. The molecule has 0 aromatic carbocycles. The summed E-state index contributed by atoms with van der Waals surface area (Å²) in [5.74, 6) is -0.137. The molecule has 238 valence electrons. The maximum absolute atomic E-state index is 15.0. The topological polar surface area (TPSA) is 311 Å². The number of aromatic nitrogens is 8. The fourth-order valence-corrected chi connectivity index (χ4v) is 5.72. The molecule has 0 bridgehead atoms. The monoisotopic (exact) mass is 662 g/mol. The third-order valence-electron chi connectivity index (χ3n) is 6.70. The van der Waals surface area contributed by atoms with Crippen LogP contribution in [0.4, 0.5) is 16.2 Å². The molecule has 44 heavy (non-hydrogen) atoms. The fourth-order valence-electron chi connectivity index (χ4n) is 4.79. The van der Waals surface area contributed by atoms with Crippen molar-refractivity contribution in [2.45, 2.75) is 49.5 Å². The number of nitrogens with zero attached hydrogens (tertiary/aromatic N) is 7. The largest absolute Gasteiger partial charge is 0.472 e. The van der Waals surface area contributed by atoms with Crippen LogP contribution in [0.5, 0.6) is 0 Å². The molecule has 2 saturated heterocycles. The highest BCUT2D eigenvalue weighted by Crippen LogP contribution is 2.50. The lowest BCUT2D eigenvalue weighted by molar-refractivity contribution is -0.0600. The zero-order valence-electron chi connectivity index (χ0n) is 22.1. The summed E-state index contributed by atoms with van der Waals surface area (Å²) in [6.07, 6.45) is -6.13. The van der Waals surface area contributed by atoms with Crippen LogP contribution in [0.15, 0.2) is 23.8 Å². The first-order chi connectivity index (χ1) is 21.0. The van der Waals surface area contributed by atoms with E-state index < -0.39 is 78.3 Å². The number of phosphoric ester groups is 1. The summed E-state index contributed by atoms with van der Waals surface area (Å²) in [5, 5.41) is 20.1. The predicted octanol–water partition coefficient (Wildman–Crippen LogP) is -1.31. The van der Waals surface area contributed by atoms with E-state index in [2.05, 4.69) is 29.9 Å². The van der Waals surface area contributed by atoms with E-state index in [9.17, 15) is 24.5 Å². The van der Waals surface area contributed by atoms with Gasteiger partial charge in [-0.25, -0.2) is 33.5 Å². The number of hydrogen-bond donors (Lipinski definition) is 7. The number of alkyl halides is 1. The van der Waals surface area contributed by atoms with Gasteiger partial charge in [-0.2, -0.15) is 4.98 Å². The first-order valence-electron chi connectivity index (χ1n) is 12.5. The predicted molar refractivity (Wildman–Crippen MR) is 143 cm³/mol. The van der Waals surface area contributed by atoms with Gasteiger partial charge in [0, 0.05) is 6.42 Å². The molecule has 6 rings (SSSR count). The van der Waals surface area contributed by atoms with Crippen LogP contribution in [0.25, 0.3) is 22.3 Å². The van der Waals surface area contributed by atoms with Gasteiger partial charge >= 0.3 is 16.5 Å². The molecule has 2 aliphatic heterocycles. The first kappa shape index (κ1) is 31.9. The average molecular weight is 662 g/mol. The van der Waals surface area contributed by atoms with Crippen LogP contribution in [-0.2, 0) is 27.7 Å². The van der Waals surface area contributed by atoms with E-state index in [-0.39, 0.29) is 40.5 Å². The number of rotatable bonds is 8. The van der Waals surface area contributed by atoms with Crippen molar-refractivity contribution in [1.29, 1.82) is 0 Å². The van der Waals surface area contributed by atoms with Crippen molar-refractivity contribution in [3.63, 3.8) is 0 Å².